The first-order chi connectivity index (χ1) is 9.31. The van der Waals surface area contributed by atoms with Crippen molar-refractivity contribution in [3.63, 3.8) is 0 Å². The number of ether oxygens (including phenoxy) is 6. The largest absolute Gasteiger partial charge is 0.508 e. The standard InChI is InChI=1S/C12H24O7/c1-3-15-8-10-18-12(13)19-11-9-17-7-6-16-5-4-14-2/h3-11H2,1-2H3. The molecule has 0 aromatic heterocycles. The molecule has 0 amide bonds. The van der Waals surface area contributed by atoms with Crippen LogP contribution in [-0.4, -0.2) is 72.7 Å². The Hall–Kier alpha value is -0.890. The Labute approximate surface area is 114 Å². The van der Waals surface area contributed by atoms with Gasteiger partial charge < -0.3 is 28.4 Å². The molecule has 0 saturated heterocycles. The van der Waals surface area contributed by atoms with E-state index in [0.717, 1.165) is 0 Å². The summed E-state index contributed by atoms with van der Waals surface area (Å²) in [6.45, 7) is 5.56. The van der Waals surface area contributed by atoms with Gasteiger partial charge in [0.15, 0.2) is 0 Å². The third-order valence-corrected chi connectivity index (χ3v) is 1.90. The Kier molecular flexibility index (Phi) is 14.5. The van der Waals surface area contributed by atoms with Gasteiger partial charge in [0.1, 0.15) is 13.2 Å². The molecule has 0 spiro atoms. The van der Waals surface area contributed by atoms with Crippen LogP contribution in [0, 0.1) is 0 Å². The second-order valence-electron chi connectivity index (χ2n) is 3.36. The lowest BCUT2D eigenvalue weighted by atomic mass is 10.7. The molecule has 0 bridgehead atoms. The third-order valence-electron chi connectivity index (χ3n) is 1.90. The molecular weight excluding hydrogens is 256 g/mol. The maximum atomic E-state index is 11.0. The molecule has 0 saturated carbocycles. The number of methoxy groups -OCH3 is 1. The van der Waals surface area contributed by atoms with Crippen LogP contribution < -0.4 is 0 Å². The van der Waals surface area contributed by atoms with Crippen molar-refractivity contribution in [3.05, 3.63) is 0 Å². The van der Waals surface area contributed by atoms with Gasteiger partial charge in [-0.2, -0.15) is 0 Å². The summed E-state index contributed by atoms with van der Waals surface area (Å²) in [7, 11) is 1.62. The van der Waals surface area contributed by atoms with E-state index in [1.807, 2.05) is 6.92 Å². The summed E-state index contributed by atoms with van der Waals surface area (Å²) in [5, 5.41) is 0. The van der Waals surface area contributed by atoms with E-state index in [4.69, 9.17) is 28.4 Å². The van der Waals surface area contributed by atoms with Gasteiger partial charge in [-0.1, -0.05) is 0 Å². The van der Waals surface area contributed by atoms with Crippen LogP contribution in [0.3, 0.4) is 0 Å². The summed E-state index contributed by atoms with van der Waals surface area (Å²) in [5.74, 6) is 0. The highest BCUT2D eigenvalue weighted by molar-refractivity contribution is 5.59. The van der Waals surface area contributed by atoms with Crippen LogP contribution >= 0.6 is 0 Å². The molecule has 0 aliphatic heterocycles. The average Bonchev–Trinajstić information content (AvgIpc) is 2.42. The molecule has 0 aliphatic carbocycles. The minimum absolute atomic E-state index is 0.158. The van der Waals surface area contributed by atoms with Crippen molar-refractivity contribution < 1.29 is 33.2 Å². The van der Waals surface area contributed by atoms with Crippen LogP contribution in [0.1, 0.15) is 6.92 Å². The van der Waals surface area contributed by atoms with E-state index in [0.29, 0.717) is 46.2 Å². The van der Waals surface area contributed by atoms with Crippen LogP contribution in [0.15, 0.2) is 0 Å². The van der Waals surface area contributed by atoms with Crippen LogP contribution in [0.4, 0.5) is 4.79 Å². The summed E-state index contributed by atoms with van der Waals surface area (Å²) in [5.41, 5.74) is 0. The SMILES string of the molecule is CCOCCOC(=O)OCCOCCOCCOC. The minimum Gasteiger partial charge on any atom is -0.432 e. The summed E-state index contributed by atoms with van der Waals surface area (Å²) >= 11 is 0. The van der Waals surface area contributed by atoms with E-state index in [1.165, 1.54) is 0 Å². The fourth-order valence-electron chi connectivity index (χ4n) is 1.02. The van der Waals surface area contributed by atoms with E-state index in [1.54, 1.807) is 7.11 Å². The third kappa shape index (κ3) is 15.1. The Morgan fingerprint density at radius 2 is 1.21 bits per heavy atom. The topological polar surface area (TPSA) is 72.5 Å². The van der Waals surface area contributed by atoms with Crippen molar-refractivity contribution in [2.24, 2.45) is 0 Å². The maximum absolute atomic E-state index is 11.0. The predicted octanol–water partition coefficient (Wildman–Crippen LogP) is 0.856. The van der Waals surface area contributed by atoms with Gasteiger partial charge in [-0.15, -0.1) is 0 Å². The molecule has 0 unspecified atom stereocenters. The summed E-state index contributed by atoms with van der Waals surface area (Å²) in [4.78, 5) is 11.0. The lowest BCUT2D eigenvalue weighted by molar-refractivity contribution is -0.00424. The van der Waals surface area contributed by atoms with Gasteiger partial charge in [0.2, 0.25) is 0 Å². The number of hydrogen-bond acceptors (Lipinski definition) is 7. The number of hydrogen-bond donors (Lipinski definition) is 0. The van der Waals surface area contributed by atoms with Gasteiger partial charge in [-0.05, 0) is 6.92 Å². The highest BCUT2D eigenvalue weighted by Crippen LogP contribution is 1.87. The van der Waals surface area contributed by atoms with Gasteiger partial charge in [0.25, 0.3) is 0 Å². The molecular formula is C12H24O7. The molecule has 0 atom stereocenters. The van der Waals surface area contributed by atoms with E-state index in [-0.39, 0.29) is 13.2 Å². The second kappa shape index (κ2) is 15.2. The van der Waals surface area contributed by atoms with Crippen LogP contribution in [0.5, 0.6) is 0 Å². The molecule has 0 aromatic rings. The van der Waals surface area contributed by atoms with Gasteiger partial charge in [-0.3, -0.25) is 0 Å². The molecule has 7 nitrogen and oxygen atoms in total. The molecule has 114 valence electrons. The van der Waals surface area contributed by atoms with E-state index < -0.39 is 6.16 Å². The van der Waals surface area contributed by atoms with E-state index >= 15 is 0 Å². The number of carbonyl (C=O) groups is 1. The average molecular weight is 280 g/mol. The first-order valence-electron chi connectivity index (χ1n) is 6.33. The molecule has 0 aromatic carbocycles. The highest BCUT2D eigenvalue weighted by Gasteiger charge is 2.02. The molecule has 0 aliphatic rings. The Balaban J connectivity index is 3.10. The van der Waals surface area contributed by atoms with Crippen molar-refractivity contribution >= 4 is 6.16 Å². The zero-order valence-corrected chi connectivity index (χ0v) is 11.7. The summed E-state index contributed by atoms with van der Waals surface area (Å²) in [6.07, 6.45) is -0.709. The Morgan fingerprint density at radius 3 is 1.74 bits per heavy atom. The zero-order valence-electron chi connectivity index (χ0n) is 11.7. The first-order valence-corrected chi connectivity index (χ1v) is 6.33. The molecule has 7 heteroatoms. The summed E-state index contributed by atoms with van der Waals surface area (Å²) < 4.78 is 29.7. The Bertz CT molecular complexity index is 199. The van der Waals surface area contributed by atoms with Gasteiger partial charge in [0, 0.05) is 13.7 Å². The Morgan fingerprint density at radius 1 is 0.737 bits per heavy atom. The number of rotatable bonds is 13. The number of carbonyl (C=O) groups excluding carboxylic acids is 1. The van der Waals surface area contributed by atoms with Crippen molar-refractivity contribution in [3.8, 4) is 0 Å². The monoisotopic (exact) mass is 280 g/mol. The minimum atomic E-state index is -0.709. The van der Waals surface area contributed by atoms with Crippen LogP contribution in [0.2, 0.25) is 0 Å². The fourth-order valence-corrected chi connectivity index (χ4v) is 1.02. The fraction of sp³-hybridized carbons (Fsp3) is 0.917. The normalized spacial score (nSPS) is 10.4. The lowest BCUT2D eigenvalue weighted by Crippen LogP contribution is -2.16. The first kappa shape index (κ1) is 18.1. The van der Waals surface area contributed by atoms with Crippen LogP contribution in [-0.2, 0) is 28.4 Å². The van der Waals surface area contributed by atoms with E-state index in [9.17, 15) is 4.79 Å². The quantitative estimate of drug-likeness (QED) is 0.366. The predicted molar refractivity (Wildman–Crippen MR) is 67.3 cm³/mol. The molecule has 0 fully saturated rings. The van der Waals surface area contributed by atoms with Crippen LogP contribution in [0.25, 0.3) is 0 Å². The van der Waals surface area contributed by atoms with Crippen molar-refractivity contribution in [2.45, 2.75) is 6.92 Å². The van der Waals surface area contributed by atoms with Crippen molar-refractivity contribution in [2.75, 3.05) is 66.6 Å². The van der Waals surface area contributed by atoms with Crippen molar-refractivity contribution in [1.29, 1.82) is 0 Å². The zero-order chi connectivity index (χ0) is 14.2. The van der Waals surface area contributed by atoms with Crippen molar-refractivity contribution in [1.82, 2.24) is 0 Å². The molecule has 0 N–H and O–H groups in total. The van der Waals surface area contributed by atoms with Gasteiger partial charge in [-0.25, -0.2) is 4.79 Å². The molecule has 0 radical (unpaired) electrons. The molecule has 0 heterocycles. The smallest absolute Gasteiger partial charge is 0.432 e. The molecule has 19 heavy (non-hydrogen) atoms. The highest BCUT2D eigenvalue weighted by atomic mass is 16.7. The maximum Gasteiger partial charge on any atom is 0.508 e. The van der Waals surface area contributed by atoms with Gasteiger partial charge >= 0.3 is 6.16 Å². The second-order valence-corrected chi connectivity index (χ2v) is 3.36. The summed E-state index contributed by atoms with van der Waals surface area (Å²) in [6, 6.07) is 0. The lowest BCUT2D eigenvalue weighted by Gasteiger charge is -2.07. The van der Waals surface area contributed by atoms with E-state index in [2.05, 4.69) is 0 Å². The van der Waals surface area contributed by atoms with Gasteiger partial charge in [0.05, 0.1) is 39.6 Å². The molecule has 0 rings (SSSR count).